The number of hydrogen-bond acceptors (Lipinski definition) is 5. The van der Waals surface area contributed by atoms with E-state index in [9.17, 15) is 18.3 Å². The predicted octanol–water partition coefficient (Wildman–Crippen LogP) is 1.63. The molecular weight excluding hydrogens is 390 g/mol. The number of likely N-dealkylation sites (tertiary alicyclic amines) is 1. The maximum absolute atomic E-state index is 13.0. The number of carbonyl (C=O) groups excluding carboxylic acids is 1. The number of aliphatic hydroxyl groups excluding tert-OH is 1. The SMILES string of the molecule is O=C(C1CCS(=O)(=O)CC1)N1C[C@H]2C[C@@H](n3cnc4ccccc43)[C@H](O)C[C@H]2C1. The van der Waals surface area contributed by atoms with E-state index in [4.69, 9.17) is 0 Å². The number of hydrogen-bond donors (Lipinski definition) is 1. The van der Waals surface area contributed by atoms with E-state index in [1.54, 1.807) is 0 Å². The van der Waals surface area contributed by atoms with Gasteiger partial charge in [-0.15, -0.1) is 0 Å². The zero-order valence-electron chi connectivity index (χ0n) is 16.4. The highest BCUT2D eigenvalue weighted by Gasteiger charge is 2.45. The van der Waals surface area contributed by atoms with Crippen molar-refractivity contribution in [3.05, 3.63) is 30.6 Å². The molecule has 3 fully saturated rings. The Labute approximate surface area is 170 Å². The summed E-state index contributed by atoms with van der Waals surface area (Å²) in [7, 11) is -2.96. The number of carbonyl (C=O) groups is 1. The van der Waals surface area contributed by atoms with Gasteiger partial charge in [0.15, 0.2) is 0 Å². The van der Waals surface area contributed by atoms with Crippen molar-refractivity contribution in [1.82, 2.24) is 14.5 Å². The van der Waals surface area contributed by atoms with Gasteiger partial charge in [-0.1, -0.05) is 12.1 Å². The molecule has 8 heteroatoms. The second-order valence-corrected chi connectivity index (χ2v) is 11.2. The molecule has 7 nitrogen and oxygen atoms in total. The molecule has 2 aromatic rings. The molecule has 5 rings (SSSR count). The number of benzene rings is 1. The smallest absolute Gasteiger partial charge is 0.225 e. The van der Waals surface area contributed by atoms with Gasteiger partial charge in [0.2, 0.25) is 5.91 Å². The molecule has 156 valence electrons. The van der Waals surface area contributed by atoms with Crippen LogP contribution in [0.25, 0.3) is 11.0 Å². The van der Waals surface area contributed by atoms with Crippen molar-refractivity contribution < 1.29 is 18.3 Å². The molecule has 1 saturated carbocycles. The highest BCUT2D eigenvalue weighted by atomic mass is 32.2. The van der Waals surface area contributed by atoms with Gasteiger partial charge in [-0.2, -0.15) is 0 Å². The fraction of sp³-hybridized carbons (Fsp3) is 0.619. The highest BCUT2D eigenvalue weighted by Crippen LogP contribution is 2.42. The van der Waals surface area contributed by atoms with Gasteiger partial charge in [0.25, 0.3) is 0 Å². The van der Waals surface area contributed by atoms with E-state index in [1.165, 1.54) is 0 Å². The molecule has 0 bridgehead atoms. The average Bonchev–Trinajstić information content (AvgIpc) is 3.30. The van der Waals surface area contributed by atoms with Crippen molar-refractivity contribution in [3.63, 3.8) is 0 Å². The predicted molar refractivity (Wildman–Crippen MR) is 109 cm³/mol. The van der Waals surface area contributed by atoms with Crippen molar-refractivity contribution in [2.24, 2.45) is 17.8 Å². The van der Waals surface area contributed by atoms with Crippen LogP contribution in [-0.4, -0.2) is 64.6 Å². The minimum Gasteiger partial charge on any atom is -0.391 e. The van der Waals surface area contributed by atoms with E-state index in [0.29, 0.717) is 44.2 Å². The highest BCUT2D eigenvalue weighted by molar-refractivity contribution is 7.91. The second kappa shape index (κ2) is 7.09. The Bertz CT molecular complexity index is 1020. The van der Waals surface area contributed by atoms with Crippen LogP contribution in [0.2, 0.25) is 0 Å². The van der Waals surface area contributed by atoms with Gasteiger partial charge < -0.3 is 14.6 Å². The molecule has 0 spiro atoms. The maximum atomic E-state index is 13.0. The van der Waals surface area contributed by atoms with Crippen molar-refractivity contribution in [2.75, 3.05) is 24.6 Å². The Morgan fingerprint density at radius 2 is 1.76 bits per heavy atom. The van der Waals surface area contributed by atoms with Crippen molar-refractivity contribution in [2.45, 2.75) is 37.8 Å². The van der Waals surface area contributed by atoms with Crippen LogP contribution in [0, 0.1) is 17.8 Å². The Kier molecular flexibility index (Phi) is 4.66. The fourth-order valence-electron chi connectivity index (χ4n) is 5.52. The fourth-order valence-corrected chi connectivity index (χ4v) is 7.02. The van der Waals surface area contributed by atoms with Crippen molar-refractivity contribution >= 4 is 26.8 Å². The lowest BCUT2D eigenvalue weighted by Gasteiger charge is -2.36. The average molecular weight is 418 g/mol. The number of para-hydroxylation sites is 2. The van der Waals surface area contributed by atoms with Gasteiger partial charge in [0.05, 0.1) is 41.0 Å². The lowest BCUT2D eigenvalue weighted by Crippen LogP contribution is -2.38. The van der Waals surface area contributed by atoms with Gasteiger partial charge >= 0.3 is 0 Å². The lowest BCUT2D eigenvalue weighted by molar-refractivity contribution is -0.135. The van der Waals surface area contributed by atoms with Gasteiger partial charge in [-0.25, -0.2) is 13.4 Å². The number of aliphatic hydroxyl groups is 1. The van der Waals surface area contributed by atoms with Gasteiger partial charge in [0, 0.05) is 19.0 Å². The van der Waals surface area contributed by atoms with E-state index >= 15 is 0 Å². The maximum Gasteiger partial charge on any atom is 0.225 e. The molecule has 1 amide bonds. The quantitative estimate of drug-likeness (QED) is 0.802. The molecule has 2 saturated heterocycles. The van der Waals surface area contributed by atoms with Crippen LogP contribution in [0.5, 0.6) is 0 Å². The Hall–Kier alpha value is -1.93. The van der Waals surface area contributed by atoms with Crippen LogP contribution in [-0.2, 0) is 14.6 Å². The van der Waals surface area contributed by atoms with Crippen molar-refractivity contribution in [3.8, 4) is 0 Å². The van der Waals surface area contributed by atoms with E-state index in [2.05, 4.69) is 9.55 Å². The molecule has 1 N–H and O–H groups in total. The van der Waals surface area contributed by atoms with E-state index in [1.807, 2.05) is 35.5 Å². The first-order valence-electron chi connectivity index (χ1n) is 10.5. The number of sulfone groups is 1. The van der Waals surface area contributed by atoms with Crippen LogP contribution in [0.1, 0.15) is 31.7 Å². The Balaban J connectivity index is 1.29. The molecular formula is C21H27N3O4S. The number of imidazole rings is 1. The number of amides is 1. The number of fused-ring (bicyclic) bond motifs is 2. The Morgan fingerprint density at radius 1 is 1.07 bits per heavy atom. The summed E-state index contributed by atoms with van der Waals surface area (Å²) in [6.45, 7) is 1.39. The molecule has 29 heavy (non-hydrogen) atoms. The molecule has 2 aliphatic heterocycles. The third kappa shape index (κ3) is 3.46. The third-order valence-corrected chi connectivity index (χ3v) is 8.88. The first-order chi connectivity index (χ1) is 13.9. The summed E-state index contributed by atoms with van der Waals surface area (Å²) < 4.78 is 25.4. The topological polar surface area (TPSA) is 92.5 Å². The first-order valence-corrected chi connectivity index (χ1v) is 12.3. The van der Waals surface area contributed by atoms with Crippen LogP contribution in [0.4, 0.5) is 0 Å². The molecule has 3 aliphatic rings. The lowest BCUT2D eigenvalue weighted by atomic mass is 9.77. The van der Waals surface area contributed by atoms with Crippen LogP contribution in [0.3, 0.4) is 0 Å². The Morgan fingerprint density at radius 3 is 2.52 bits per heavy atom. The van der Waals surface area contributed by atoms with E-state index in [-0.39, 0.29) is 29.4 Å². The second-order valence-electron chi connectivity index (χ2n) is 8.94. The number of nitrogens with zero attached hydrogens (tertiary/aromatic N) is 3. The van der Waals surface area contributed by atoms with Crippen LogP contribution in [0.15, 0.2) is 30.6 Å². The van der Waals surface area contributed by atoms with Crippen LogP contribution < -0.4 is 0 Å². The molecule has 1 aromatic carbocycles. The van der Waals surface area contributed by atoms with Gasteiger partial charge in [-0.3, -0.25) is 4.79 Å². The summed E-state index contributed by atoms with van der Waals surface area (Å²) in [5.74, 6) is 0.857. The summed E-state index contributed by atoms with van der Waals surface area (Å²) >= 11 is 0. The summed E-state index contributed by atoms with van der Waals surface area (Å²) in [6, 6.07) is 7.92. The van der Waals surface area contributed by atoms with E-state index in [0.717, 1.165) is 17.5 Å². The van der Waals surface area contributed by atoms with Crippen molar-refractivity contribution in [1.29, 1.82) is 0 Å². The van der Waals surface area contributed by atoms with E-state index < -0.39 is 15.9 Å². The molecule has 1 aromatic heterocycles. The number of aromatic nitrogens is 2. The summed E-state index contributed by atoms with van der Waals surface area (Å²) in [6.07, 6.45) is 3.76. The molecule has 0 radical (unpaired) electrons. The van der Waals surface area contributed by atoms with Gasteiger partial charge in [-0.05, 0) is 49.7 Å². The summed E-state index contributed by atoms with van der Waals surface area (Å²) in [5.41, 5.74) is 1.96. The molecule has 3 heterocycles. The largest absolute Gasteiger partial charge is 0.391 e. The number of rotatable bonds is 2. The first kappa shape index (κ1) is 19.1. The zero-order valence-corrected chi connectivity index (χ0v) is 17.2. The summed E-state index contributed by atoms with van der Waals surface area (Å²) in [5, 5.41) is 10.9. The molecule has 4 atom stereocenters. The van der Waals surface area contributed by atoms with Gasteiger partial charge in [0.1, 0.15) is 9.84 Å². The standard InChI is InChI=1S/C21H27N3O4S/c25-20-10-16-12-23(21(26)14-5-7-29(27,28)8-6-14)11-15(16)9-19(20)24-13-22-17-3-1-2-4-18(17)24/h1-4,13-16,19-20,25H,5-12H2/t15-,16+,19-,20-/m1/s1. The normalized spacial score (nSPS) is 32.4. The van der Waals surface area contributed by atoms with Crippen LogP contribution >= 0.6 is 0 Å². The minimum absolute atomic E-state index is 0.0291. The molecule has 1 aliphatic carbocycles. The summed E-state index contributed by atoms with van der Waals surface area (Å²) in [4.78, 5) is 19.4. The zero-order chi connectivity index (χ0) is 20.2. The molecule has 0 unspecified atom stereocenters. The monoisotopic (exact) mass is 417 g/mol. The minimum atomic E-state index is -2.96. The third-order valence-electron chi connectivity index (χ3n) is 7.16.